The summed E-state index contributed by atoms with van der Waals surface area (Å²) in [4.78, 5) is 24.9. The first-order chi connectivity index (χ1) is 20.5. The van der Waals surface area contributed by atoms with E-state index < -0.39 is 47.0 Å². The third kappa shape index (κ3) is 5.61. The largest absolute Gasteiger partial charge is 0.377 e. The molecule has 1 saturated heterocycles. The van der Waals surface area contributed by atoms with Gasteiger partial charge in [0.05, 0.1) is 35.0 Å². The average molecular weight is 596 g/mol. The predicted octanol–water partition coefficient (Wildman–Crippen LogP) is 4.08. The van der Waals surface area contributed by atoms with Crippen LogP contribution < -0.4 is 16.2 Å². The molecule has 2 aromatic heterocycles. The molecule has 2 atom stereocenters. The van der Waals surface area contributed by atoms with Crippen molar-refractivity contribution in [2.24, 2.45) is 5.92 Å². The SMILES string of the molecule is Cc1nc2c3cc(C4(C#N)CC4)c(=O)n(c3n1)CC(O)NCCCCN1CC(C1)CC(F)(F)c1cccc(c1F)[C@H](C)N2. The van der Waals surface area contributed by atoms with Crippen LogP contribution >= 0.6 is 0 Å². The second-order valence-corrected chi connectivity index (χ2v) is 12.3. The van der Waals surface area contributed by atoms with E-state index in [0.717, 1.165) is 25.5 Å². The molecule has 9 nitrogen and oxygen atoms in total. The number of rotatable bonds is 1. The van der Waals surface area contributed by atoms with E-state index in [-0.39, 0.29) is 35.1 Å². The fraction of sp³-hybridized carbons (Fsp3) is 0.548. The number of benzene rings is 1. The molecule has 2 fully saturated rings. The molecule has 1 saturated carbocycles. The molecule has 1 unspecified atom stereocenters. The molecule has 0 radical (unpaired) electrons. The lowest BCUT2D eigenvalue weighted by Crippen LogP contribution is -2.48. The number of halogens is 3. The molecule has 5 heterocycles. The van der Waals surface area contributed by atoms with Crippen molar-refractivity contribution in [3.05, 3.63) is 63.0 Å². The number of aliphatic hydroxyl groups excluding tert-OH is 1. The van der Waals surface area contributed by atoms with Crippen LogP contribution in [0, 0.1) is 30.0 Å². The number of hydrogen-bond acceptors (Lipinski definition) is 8. The van der Waals surface area contributed by atoms with Gasteiger partial charge in [0.2, 0.25) is 0 Å². The van der Waals surface area contributed by atoms with E-state index in [4.69, 9.17) is 0 Å². The van der Waals surface area contributed by atoms with Gasteiger partial charge in [-0.15, -0.1) is 0 Å². The average Bonchev–Trinajstić information content (AvgIpc) is 3.73. The van der Waals surface area contributed by atoms with Crippen molar-refractivity contribution in [1.29, 1.82) is 5.26 Å². The monoisotopic (exact) mass is 595 g/mol. The molecule has 228 valence electrons. The van der Waals surface area contributed by atoms with Crippen LogP contribution in [0.5, 0.6) is 0 Å². The van der Waals surface area contributed by atoms with Gasteiger partial charge in [-0.05, 0) is 64.6 Å². The van der Waals surface area contributed by atoms with Crippen molar-refractivity contribution in [3.63, 3.8) is 0 Å². The fourth-order valence-corrected chi connectivity index (χ4v) is 6.42. The lowest BCUT2D eigenvalue weighted by atomic mass is 9.88. The minimum Gasteiger partial charge on any atom is -0.377 e. The summed E-state index contributed by atoms with van der Waals surface area (Å²) < 4.78 is 48.0. The van der Waals surface area contributed by atoms with E-state index in [1.807, 2.05) is 0 Å². The zero-order valence-electron chi connectivity index (χ0n) is 24.3. The van der Waals surface area contributed by atoms with Gasteiger partial charge in [-0.25, -0.2) is 23.1 Å². The normalized spacial score (nSPS) is 26.9. The van der Waals surface area contributed by atoms with Crippen LogP contribution in [0.3, 0.4) is 0 Å². The molecule has 12 heteroatoms. The summed E-state index contributed by atoms with van der Waals surface area (Å²) in [5, 5.41) is 27.5. The summed E-state index contributed by atoms with van der Waals surface area (Å²) in [5.74, 6) is -3.91. The van der Waals surface area contributed by atoms with E-state index in [9.17, 15) is 15.2 Å². The summed E-state index contributed by atoms with van der Waals surface area (Å²) in [6, 6.07) is 7.18. The molecular weight excluding hydrogens is 559 g/mol. The molecule has 1 aliphatic carbocycles. The molecule has 0 spiro atoms. The third-order valence-electron chi connectivity index (χ3n) is 8.99. The molecule has 3 N–H and O–H groups in total. The van der Waals surface area contributed by atoms with Gasteiger partial charge < -0.3 is 15.3 Å². The maximum Gasteiger partial charge on any atom is 0.276 e. The molecule has 1 aromatic carbocycles. The second kappa shape index (κ2) is 11.2. The molecule has 4 aliphatic rings. The zero-order valence-corrected chi connectivity index (χ0v) is 24.3. The number of nitriles is 1. The highest BCUT2D eigenvalue weighted by atomic mass is 19.3. The van der Waals surface area contributed by atoms with Gasteiger partial charge >= 0.3 is 0 Å². The Morgan fingerprint density at radius 1 is 1.14 bits per heavy atom. The number of pyridine rings is 1. The van der Waals surface area contributed by atoms with Crippen molar-refractivity contribution in [2.45, 2.75) is 76.1 Å². The Balaban J connectivity index is 1.46. The fourth-order valence-electron chi connectivity index (χ4n) is 6.42. The van der Waals surface area contributed by atoms with Gasteiger partial charge in [0.1, 0.15) is 29.3 Å². The molecular formula is C31H36F3N7O2. The van der Waals surface area contributed by atoms with Gasteiger partial charge in [-0.3, -0.25) is 14.7 Å². The molecule has 7 rings (SSSR count). The number of anilines is 1. The number of aryl methyl sites for hydroxylation is 1. The highest BCUT2D eigenvalue weighted by Crippen LogP contribution is 2.47. The van der Waals surface area contributed by atoms with E-state index in [1.165, 1.54) is 16.7 Å². The Morgan fingerprint density at radius 3 is 2.63 bits per heavy atom. The van der Waals surface area contributed by atoms with Gasteiger partial charge in [-0.2, -0.15) is 5.26 Å². The van der Waals surface area contributed by atoms with E-state index in [0.29, 0.717) is 43.7 Å². The van der Waals surface area contributed by atoms with Crippen LogP contribution in [0.2, 0.25) is 0 Å². The molecule has 8 bridgehead atoms. The molecule has 0 amide bonds. The number of aromatic nitrogens is 3. The van der Waals surface area contributed by atoms with E-state index >= 15 is 13.2 Å². The van der Waals surface area contributed by atoms with Crippen molar-refractivity contribution < 1.29 is 18.3 Å². The quantitative estimate of drug-likeness (QED) is 0.385. The lowest BCUT2D eigenvalue weighted by Gasteiger charge is -2.41. The highest BCUT2D eigenvalue weighted by molar-refractivity contribution is 5.88. The maximum atomic E-state index is 15.8. The number of alkyl halides is 2. The van der Waals surface area contributed by atoms with Crippen LogP contribution in [0.4, 0.5) is 19.0 Å². The first kappa shape index (κ1) is 29.5. The van der Waals surface area contributed by atoms with Gasteiger partial charge in [-0.1, -0.05) is 18.2 Å². The smallest absolute Gasteiger partial charge is 0.276 e. The Hall–Kier alpha value is -3.53. The van der Waals surface area contributed by atoms with Gasteiger partial charge in [0.15, 0.2) is 0 Å². The summed E-state index contributed by atoms with van der Waals surface area (Å²) in [6.45, 7) is 5.53. The minimum atomic E-state index is -3.32. The van der Waals surface area contributed by atoms with Gasteiger partial charge in [0, 0.05) is 30.6 Å². The minimum absolute atomic E-state index is 0.0616. The van der Waals surface area contributed by atoms with Gasteiger partial charge in [0.25, 0.3) is 11.5 Å². The Kier molecular flexibility index (Phi) is 7.69. The topological polar surface area (TPSA) is 119 Å². The molecule has 3 aliphatic heterocycles. The second-order valence-electron chi connectivity index (χ2n) is 12.3. The number of nitrogens with one attached hydrogen (secondary N) is 2. The summed E-state index contributed by atoms with van der Waals surface area (Å²) in [5.41, 5.74) is -1.36. The van der Waals surface area contributed by atoms with Crippen molar-refractivity contribution in [1.82, 2.24) is 24.8 Å². The summed E-state index contributed by atoms with van der Waals surface area (Å²) >= 11 is 0. The molecule has 43 heavy (non-hydrogen) atoms. The Labute approximate surface area is 247 Å². The predicted molar refractivity (Wildman–Crippen MR) is 155 cm³/mol. The number of fused-ring (bicyclic) bond motifs is 8. The number of hydrogen-bond donors (Lipinski definition) is 3. The van der Waals surface area contributed by atoms with Crippen LogP contribution in [-0.4, -0.2) is 56.9 Å². The Bertz CT molecular complexity index is 1640. The van der Waals surface area contributed by atoms with Crippen molar-refractivity contribution >= 4 is 16.9 Å². The third-order valence-corrected chi connectivity index (χ3v) is 8.99. The van der Waals surface area contributed by atoms with Crippen LogP contribution in [-0.2, 0) is 17.9 Å². The summed E-state index contributed by atoms with van der Waals surface area (Å²) in [6.07, 6.45) is 1.13. The first-order valence-corrected chi connectivity index (χ1v) is 14.9. The Morgan fingerprint density at radius 2 is 1.91 bits per heavy atom. The van der Waals surface area contributed by atoms with Crippen molar-refractivity contribution in [2.75, 3.05) is 31.5 Å². The molecule has 3 aromatic rings. The van der Waals surface area contributed by atoms with E-state index in [1.54, 1.807) is 19.9 Å². The maximum absolute atomic E-state index is 15.8. The lowest BCUT2D eigenvalue weighted by molar-refractivity contribution is -0.0592. The number of aliphatic hydroxyl groups is 1. The zero-order chi connectivity index (χ0) is 30.5. The highest BCUT2D eigenvalue weighted by Gasteiger charge is 2.48. The van der Waals surface area contributed by atoms with Crippen LogP contribution in [0.25, 0.3) is 11.0 Å². The van der Waals surface area contributed by atoms with Crippen molar-refractivity contribution in [3.8, 4) is 6.07 Å². The standard InChI is InChI=1S/C31H36F3N7O2/c1-18-21-6-5-7-23(26(21)32)31(33,34)13-20-14-40(15-20)11-4-3-10-36-25(42)16-41-28-22(27(37-18)38-19(2)39-28)12-24(29(41)43)30(17-35)8-9-30/h5-7,12,18,20,25,36,42H,3-4,8-11,13-16H2,1-2H3,(H,37,38,39)/t18-,25?/m0/s1. The van der Waals surface area contributed by atoms with Crippen LogP contribution in [0.15, 0.2) is 29.1 Å². The first-order valence-electron chi connectivity index (χ1n) is 14.9. The number of nitrogens with zero attached hydrogens (tertiary/aromatic N) is 5. The summed E-state index contributed by atoms with van der Waals surface area (Å²) in [7, 11) is 0. The van der Waals surface area contributed by atoms with Crippen LogP contribution in [0.1, 0.15) is 67.6 Å². The van der Waals surface area contributed by atoms with E-state index in [2.05, 4.69) is 31.6 Å².